The molecule has 24 heavy (non-hydrogen) atoms. The molecule has 1 aromatic rings. The number of guanidine groups is 1. The van der Waals surface area contributed by atoms with E-state index in [1.165, 1.54) is 23.5 Å². The van der Waals surface area contributed by atoms with Crippen LogP contribution < -0.4 is 10.6 Å². The molecule has 0 bridgehead atoms. The lowest BCUT2D eigenvalue weighted by atomic mass is 10.1. The molecule has 0 aliphatic carbocycles. The molecule has 1 saturated heterocycles. The first-order valence-electron chi connectivity index (χ1n) is 8.40. The number of aliphatic imine (C=N–C) groups is 1. The van der Waals surface area contributed by atoms with E-state index < -0.39 is 0 Å². The number of likely N-dealkylation sites (N-methyl/N-ethyl adjacent to an activating group) is 1. The summed E-state index contributed by atoms with van der Waals surface area (Å²) in [6.45, 7) is 7.10. The molecule has 2 N–H and O–H groups in total. The molecule has 2 atom stereocenters. The Hall–Kier alpha value is 0.01000. The summed E-state index contributed by atoms with van der Waals surface area (Å²) >= 11 is 3.88. The first-order valence-corrected chi connectivity index (χ1v) is 10.3. The number of thiophene rings is 1. The van der Waals surface area contributed by atoms with E-state index in [2.05, 4.69) is 72.8 Å². The Morgan fingerprint density at radius 3 is 2.75 bits per heavy atom. The van der Waals surface area contributed by atoms with Gasteiger partial charge in [-0.05, 0) is 58.0 Å². The minimum absolute atomic E-state index is 0. The Balaban J connectivity index is 0.00000288. The van der Waals surface area contributed by atoms with Gasteiger partial charge in [-0.1, -0.05) is 6.07 Å². The Morgan fingerprint density at radius 1 is 1.42 bits per heavy atom. The summed E-state index contributed by atoms with van der Waals surface area (Å²) in [4.78, 5) is 8.48. The molecule has 2 unspecified atom stereocenters. The number of hydrogen-bond acceptors (Lipinski definition) is 4. The second-order valence-corrected chi connectivity index (χ2v) is 9.13. The van der Waals surface area contributed by atoms with Crippen molar-refractivity contribution in [3.8, 4) is 0 Å². The van der Waals surface area contributed by atoms with Crippen molar-refractivity contribution in [2.24, 2.45) is 4.99 Å². The van der Waals surface area contributed by atoms with Gasteiger partial charge in [0.25, 0.3) is 0 Å². The van der Waals surface area contributed by atoms with Crippen LogP contribution >= 0.6 is 47.1 Å². The molecule has 0 radical (unpaired) electrons. The zero-order chi connectivity index (χ0) is 16.7. The maximum atomic E-state index is 4.84. The summed E-state index contributed by atoms with van der Waals surface area (Å²) < 4.78 is 0.317. The highest BCUT2D eigenvalue weighted by molar-refractivity contribution is 14.0. The van der Waals surface area contributed by atoms with Crippen molar-refractivity contribution in [3.05, 3.63) is 22.4 Å². The van der Waals surface area contributed by atoms with E-state index in [9.17, 15) is 0 Å². The van der Waals surface area contributed by atoms with Gasteiger partial charge in [-0.3, -0.25) is 4.99 Å². The first-order chi connectivity index (χ1) is 11.0. The van der Waals surface area contributed by atoms with Crippen LogP contribution in [0.2, 0.25) is 0 Å². The number of rotatable bonds is 7. The monoisotopic (exact) mass is 482 g/mol. The lowest BCUT2D eigenvalue weighted by Crippen LogP contribution is -2.42. The number of halogens is 1. The molecule has 1 aliphatic heterocycles. The Kier molecular flexibility index (Phi) is 10.00. The molecule has 0 spiro atoms. The predicted molar refractivity (Wildman–Crippen MR) is 120 cm³/mol. The number of thioether (sulfide) groups is 1. The molecule has 0 amide bonds. The maximum Gasteiger partial charge on any atom is 0.191 e. The highest BCUT2D eigenvalue weighted by Gasteiger charge is 2.29. The fourth-order valence-electron chi connectivity index (χ4n) is 2.76. The van der Waals surface area contributed by atoms with Crippen molar-refractivity contribution in [2.45, 2.75) is 37.5 Å². The smallest absolute Gasteiger partial charge is 0.191 e. The van der Waals surface area contributed by atoms with Crippen molar-refractivity contribution in [3.63, 3.8) is 0 Å². The minimum Gasteiger partial charge on any atom is -0.357 e. The number of hydrogen-bond donors (Lipinski definition) is 2. The predicted octanol–water partition coefficient (Wildman–Crippen LogP) is 3.81. The molecule has 0 saturated carbocycles. The third-order valence-corrected chi connectivity index (χ3v) is 6.67. The van der Waals surface area contributed by atoms with Gasteiger partial charge < -0.3 is 15.5 Å². The van der Waals surface area contributed by atoms with Gasteiger partial charge in [0.2, 0.25) is 0 Å². The van der Waals surface area contributed by atoms with Gasteiger partial charge in [0.05, 0.1) is 12.6 Å². The molecule has 0 aromatic carbocycles. The molecule has 7 heteroatoms. The highest BCUT2D eigenvalue weighted by Crippen LogP contribution is 2.37. The highest BCUT2D eigenvalue weighted by atomic mass is 127. The zero-order valence-corrected chi connectivity index (χ0v) is 19.1. The Labute approximate surface area is 172 Å². The topological polar surface area (TPSA) is 39.7 Å². The van der Waals surface area contributed by atoms with Crippen molar-refractivity contribution in [2.75, 3.05) is 39.5 Å². The van der Waals surface area contributed by atoms with Crippen LogP contribution in [0.3, 0.4) is 0 Å². The van der Waals surface area contributed by atoms with Crippen LogP contribution in [0, 0.1) is 0 Å². The second kappa shape index (κ2) is 10.9. The molecule has 2 rings (SSSR count). The Bertz CT molecular complexity index is 485. The molecule has 1 fully saturated rings. The Morgan fingerprint density at radius 2 is 2.21 bits per heavy atom. The van der Waals surface area contributed by atoms with Crippen molar-refractivity contribution >= 4 is 53.0 Å². The standard InChI is InChI=1S/C17H30N4S2.HI/c1-5-18-16(20-13-17(2)9-7-11-23-17)19-12-14(21(3)4)15-8-6-10-22-15;/h6,8,10,14H,5,7,9,11-13H2,1-4H3,(H2,18,19,20);1H. The molecule has 2 heterocycles. The number of nitrogens with one attached hydrogen (secondary N) is 2. The summed E-state index contributed by atoms with van der Waals surface area (Å²) in [5.41, 5.74) is 0. The van der Waals surface area contributed by atoms with E-state index in [0.29, 0.717) is 10.8 Å². The minimum atomic E-state index is 0. The van der Waals surface area contributed by atoms with Gasteiger partial charge in [-0.15, -0.1) is 35.3 Å². The van der Waals surface area contributed by atoms with Gasteiger partial charge in [-0.25, -0.2) is 0 Å². The number of nitrogens with zero attached hydrogens (tertiary/aromatic N) is 2. The summed E-state index contributed by atoms with van der Waals surface area (Å²) in [5, 5.41) is 9.05. The van der Waals surface area contributed by atoms with Crippen LogP contribution in [0.5, 0.6) is 0 Å². The molecular weight excluding hydrogens is 451 g/mol. The molecule has 138 valence electrons. The summed E-state index contributed by atoms with van der Waals surface area (Å²) in [6.07, 6.45) is 2.60. The largest absolute Gasteiger partial charge is 0.357 e. The lowest BCUT2D eigenvalue weighted by Gasteiger charge is -2.25. The van der Waals surface area contributed by atoms with Crippen molar-refractivity contribution in [1.29, 1.82) is 0 Å². The van der Waals surface area contributed by atoms with Crippen molar-refractivity contribution in [1.82, 2.24) is 15.5 Å². The fraction of sp³-hybridized carbons (Fsp3) is 0.706. The average molecular weight is 483 g/mol. The third kappa shape index (κ3) is 6.72. The van der Waals surface area contributed by atoms with E-state index in [-0.39, 0.29) is 24.0 Å². The van der Waals surface area contributed by atoms with E-state index >= 15 is 0 Å². The van der Waals surface area contributed by atoms with Crippen LogP contribution in [0.4, 0.5) is 0 Å². The van der Waals surface area contributed by atoms with Crippen LogP contribution in [-0.2, 0) is 0 Å². The second-order valence-electron chi connectivity index (χ2n) is 6.47. The summed E-state index contributed by atoms with van der Waals surface area (Å²) in [6, 6.07) is 4.70. The quantitative estimate of drug-likeness (QED) is 0.352. The van der Waals surface area contributed by atoms with Crippen LogP contribution in [0.15, 0.2) is 22.5 Å². The van der Waals surface area contributed by atoms with Crippen molar-refractivity contribution < 1.29 is 0 Å². The first kappa shape index (κ1) is 22.1. The SMILES string of the molecule is CCNC(=NCC1(C)CCCS1)NCC(c1cccs1)N(C)C.I. The maximum absolute atomic E-state index is 4.84. The molecular formula is C17H31IN4S2. The average Bonchev–Trinajstić information content (AvgIpc) is 3.17. The van der Waals surface area contributed by atoms with E-state index in [1.54, 1.807) is 0 Å². The molecule has 1 aliphatic rings. The van der Waals surface area contributed by atoms with Gasteiger partial charge >= 0.3 is 0 Å². The van der Waals surface area contributed by atoms with Crippen LogP contribution in [0.1, 0.15) is 37.6 Å². The van der Waals surface area contributed by atoms with Crippen LogP contribution in [-0.4, -0.2) is 55.1 Å². The molecule has 1 aromatic heterocycles. The zero-order valence-electron chi connectivity index (χ0n) is 15.2. The summed E-state index contributed by atoms with van der Waals surface area (Å²) in [5.74, 6) is 2.21. The van der Waals surface area contributed by atoms with E-state index in [0.717, 1.165) is 25.6 Å². The van der Waals surface area contributed by atoms with E-state index in [4.69, 9.17) is 4.99 Å². The fourth-order valence-corrected chi connectivity index (χ4v) is 4.91. The lowest BCUT2D eigenvalue weighted by molar-refractivity contribution is 0.302. The van der Waals surface area contributed by atoms with Crippen LogP contribution in [0.25, 0.3) is 0 Å². The van der Waals surface area contributed by atoms with Gasteiger partial charge in [0, 0.05) is 22.7 Å². The third-order valence-electron chi connectivity index (χ3n) is 4.17. The van der Waals surface area contributed by atoms with E-state index in [1.807, 2.05) is 11.3 Å². The van der Waals surface area contributed by atoms with Gasteiger partial charge in [-0.2, -0.15) is 11.8 Å². The van der Waals surface area contributed by atoms with Gasteiger partial charge in [0.1, 0.15) is 0 Å². The summed E-state index contributed by atoms with van der Waals surface area (Å²) in [7, 11) is 4.26. The van der Waals surface area contributed by atoms with Gasteiger partial charge in [0.15, 0.2) is 5.96 Å². The normalized spacial score (nSPS) is 22.3. The molecule has 4 nitrogen and oxygen atoms in total.